The van der Waals surface area contributed by atoms with Crippen LogP contribution in [0, 0.1) is 17.0 Å². The lowest BCUT2D eigenvalue weighted by Gasteiger charge is -2.19. The van der Waals surface area contributed by atoms with E-state index in [0.29, 0.717) is 10.0 Å². The Morgan fingerprint density at radius 3 is 2.38 bits per heavy atom. The van der Waals surface area contributed by atoms with Gasteiger partial charge < -0.3 is 5.11 Å². The normalized spacial score (nSPS) is 11.6. The van der Waals surface area contributed by atoms with Gasteiger partial charge in [0, 0.05) is 4.47 Å². The maximum atomic E-state index is 13.0. The second kappa shape index (κ2) is 4.49. The van der Waals surface area contributed by atoms with Crippen LogP contribution >= 0.6 is 15.9 Å². The summed E-state index contributed by atoms with van der Waals surface area (Å²) in [5.41, 5.74) is -0.585. The van der Waals surface area contributed by atoms with Crippen LogP contribution in [0.1, 0.15) is 19.4 Å². The summed E-state index contributed by atoms with van der Waals surface area (Å²) in [5.74, 6) is -2.91. The van der Waals surface area contributed by atoms with E-state index < -0.39 is 23.0 Å². The molecule has 5 heteroatoms. The van der Waals surface area contributed by atoms with Crippen molar-refractivity contribution in [1.82, 2.24) is 0 Å². The maximum Gasteiger partial charge on any atom is 0.309 e. The number of aliphatic carboxylic acids is 1. The van der Waals surface area contributed by atoms with E-state index >= 15 is 0 Å². The van der Waals surface area contributed by atoms with E-state index in [1.165, 1.54) is 13.8 Å². The molecule has 0 fully saturated rings. The topological polar surface area (TPSA) is 37.3 Å². The molecule has 0 atom stereocenters. The Hall–Kier alpha value is -0.970. The van der Waals surface area contributed by atoms with Crippen LogP contribution in [0.15, 0.2) is 16.6 Å². The Morgan fingerprint density at radius 2 is 1.88 bits per heavy atom. The van der Waals surface area contributed by atoms with Crippen LogP contribution in [0.4, 0.5) is 8.78 Å². The van der Waals surface area contributed by atoms with Gasteiger partial charge in [-0.1, -0.05) is 15.9 Å². The van der Waals surface area contributed by atoms with Crippen molar-refractivity contribution in [1.29, 1.82) is 0 Å². The van der Waals surface area contributed by atoms with Crippen molar-refractivity contribution in [3.63, 3.8) is 0 Å². The van der Waals surface area contributed by atoms with Crippen LogP contribution in [0.5, 0.6) is 0 Å². The molecule has 0 aliphatic heterocycles. The van der Waals surface area contributed by atoms with E-state index in [0.717, 1.165) is 12.1 Å². The molecule has 0 saturated heterocycles. The van der Waals surface area contributed by atoms with Crippen LogP contribution in [0.25, 0.3) is 0 Å². The summed E-state index contributed by atoms with van der Waals surface area (Å²) in [7, 11) is 0. The lowest BCUT2D eigenvalue weighted by Crippen LogP contribution is -2.26. The summed E-state index contributed by atoms with van der Waals surface area (Å²) in [4.78, 5) is 10.9. The van der Waals surface area contributed by atoms with Crippen molar-refractivity contribution in [3.05, 3.63) is 33.8 Å². The van der Waals surface area contributed by atoms with E-state index in [9.17, 15) is 13.6 Å². The van der Waals surface area contributed by atoms with E-state index in [4.69, 9.17) is 5.11 Å². The van der Waals surface area contributed by atoms with Crippen molar-refractivity contribution in [2.24, 2.45) is 5.41 Å². The Balaban J connectivity index is 3.07. The Labute approximate surface area is 100 Å². The first-order chi connectivity index (χ1) is 7.24. The van der Waals surface area contributed by atoms with Gasteiger partial charge in [-0.15, -0.1) is 0 Å². The highest BCUT2D eigenvalue weighted by Gasteiger charge is 2.28. The predicted molar refractivity (Wildman–Crippen MR) is 59.2 cm³/mol. The highest BCUT2D eigenvalue weighted by atomic mass is 79.9. The number of carboxylic acid groups (broad SMARTS) is 1. The molecule has 2 nitrogen and oxygen atoms in total. The molecule has 1 aromatic carbocycles. The Bertz CT molecular complexity index is 430. The third kappa shape index (κ3) is 2.78. The van der Waals surface area contributed by atoms with Gasteiger partial charge in [0.15, 0.2) is 11.6 Å². The predicted octanol–water partition coefficient (Wildman–Crippen LogP) is 3.38. The van der Waals surface area contributed by atoms with Crippen molar-refractivity contribution in [2.75, 3.05) is 0 Å². The third-order valence-corrected chi connectivity index (χ3v) is 3.04. The average molecular weight is 293 g/mol. The first-order valence-corrected chi connectivity index (χ1v) is 5.40. The fourth-order valence-electron chi connectivity index (χ4n) is 1.25. The van der Waals surface area contributed by atoms with E-state index in [2.05, 4.69) is 15.9 Å². The molecule has 0 bridgehead atoms. The average Bonchev–Trinajstić information content (AvgIpc) is 2.13. The molecule has 0 saturated carbocycles. The molecule has 1 N–H and O–H groups in total. The van der Waals surface area contributed by atoms with E-state index in [-0.39, 0.29) is 6.42 Å². The molecule has 88 valence electrons. The van der Waals surface area contributed by atoms with Crippen molar-refractivity contribution >= 4 is 21.9 Å². The third-order valence-electron chi connectivity index (χ3n) is 2.30. The van der Waals surface area contributed by atoms with Gasteiger partial charge in [0.25, 0.3) is 0 Å². The van der Waals surface area contributed by atoms with Gasteiger partial charge in [-0.25, -0.2) is 8.78 Å². The lowest BCUT2D eigenvalue weighted by molar-refractivity contribution is -0.146. The van der Waals surface area contributed by atoms with E-state index in [1.54, 1.807) is 0 Å². The quantitative estimate of drug-likeness (QED) is 0.867. The summed E-state index contributed by atoms with van der Waals surface area (Å²) in [6, 6.07) is 2.02. The second-order valence-corrected chi connectivity index (χ2v) is 5.08. The highest BCUT2D eigenvalue weighted by molar-refractivity contribution is 9.10. The number of benzene rings is 1. The molecular formula is C11H11BrF2O2. The minimum atomic E-state index is -1.02. The molecule has 0 radical (unpaired) electrons. The molecule has 1 rings (SSSR count). The van der Waals surface area contributed by atoms with Crippen molar-refractivity contribution in [3.8, 4) is 0 Å². The number of rotatable bonds is 3. The molecule has 0 heterocycles. The minimum absolute atomic E-state index is 0.125. The summed E-state index contributed by atoms with van der Waals surface area (Å²) in [5, 5.41) is 8.93. The molecule has 16 heavy (non-hydrogen) atoms. The first kappa shape index (κ1) is 13.1. The molecular weight excluding hydrogens is 282 g/mol. The number of carbonyl (C=O) groups is 1. The zero-order valence-corrected chi connectivity index (χ0v) is 10.4. The molecule has 1 aromatic rings. The lowest BCUT2D eigenvalue weighted by atomic mass is 9.86. The van der Waals surface area contributed by atoms with Gasteiger partial charge in [0.05, 0.1) is 5.41 Å². The molecule has 0 spiro atoms. The number of hydrogen-bond donors (Lipinski definition) is 1. The zero-order chi connectivity index (χ0) is 12.5. The van der Waals surface area contributed by atoms with Crippen LogP contribution in [0.2, 0.25) is 0 Å². The zero-order valence-electron chi connectivity index (χ0n) is 8.85. The van der Waals surface area contributed by atoms with E-state index in [1.807, 2.05) is 0 Å². The van der Waals surface area contributed by atoms with Crippen LogP contribution in [0.3, 0.4) is 0 Å². The van der Waals surface area contributed by atoms with Crippen molar-refractivity contribution in [2.45, 2.75) is 20.3 Å². The largest absolute Gasteiger partial charge is 0.481 e. The molecule has 0 aromatic heterocycles. The maximum absolute atomic E-state index is 13.0. The van der Waals surface area contributed by atoms with Crippen LogP contribution in [-0.2, 0) is 11.2 Å². The molecule has 0 amide bonds. The van der Waals surface area contributed by atoms with Gasteiger partial charge in [-0.05, 0) is 38.0 Å². The Kier molecular flexibility index (Phi) is 3.68. The molecule has 0 aliphatic carbocycles. The summed E-state index contributed by atoms with van der Waals surface area (Å²) < 4.78 is 26.2. The number of carboxylic acids is 1. The van der Waals surface area contributed by atoms with Gasteiger partial charge in [0.1, 0.15) is 0 Å². The monoisotopic (exact) mass is 292 g/mol. The van der Waals surface area contributed by atoms with Crippen LogP contribution < -0.4 is 0 Å². The van der Waals surface area contributed by atoms with Gasteiger partial charge >= 0.3 is 5.97 Å². The van der Waals surface area contributed by atoms with Gasteiger partial charge in [-0.2, -0.15) is 0 Å². The summed E-state index contributed by atoms with van der Waals surface area (Å²) in [6.45, 7) is 3.06. The first-order valence-electron chi connectivity index (χ1n) is 4.61. The molecule has 0 aliphatic rings. The fourth-order valence-corrected chi connectivity index (χ4v) is 1.71. The Morgan fingerprint density at radius 1 is 1.38 bits per heavy atom. The highest BCUT2D eigenvalue weighted by Crippen LogP contribution is 2.28. The number of hydrogen-bond acceptors (Lipinski definition) is 1. The minimum Gasteiger partial charge on any atom is -0.481 e. The molecule has 0 unspecified atom stereocenters. The van der Waals surface area contributed by atoms with Crippen molar-refractivity contribution < 1.29 is 18.7 Å². The standard InChI is InChI=1S/C11H11BrF2O2/c1-11(2,10(15)16)5-6-3-8(13)9(14)4-7(6)12/h3-4H,5H2,1-2H3,(H,15,16). The van der Waals surface area contributed by atoms with Gasteiger partial charge in [0.2, 0.25) is 0 Å². The second-order valence-electron chi connectivity index (χ2n) is 4.22. The van der Waals surface area contributed by atoms with Gasteiger partial charge in [-0.3, -0.25) is 4.79 Å². The number of halogens is 3. The summed E-state index contributed by atoms with van der Waals surface area (Å²) in [6.07, 6.45) is 0.125. The smallest absolute Gasteiger partial charge is 0.309 e. The summed E-state index contributed by atoms with van der Waals surface area (Å²) >= 11 is 3.08. The fraction of sp³-hybridized carbons (Fsp3) is 0.364. The van der Waals surface area contributed by atoms with Crippen LogP contribution in [-0.4, -0.2) is 11.1 Å². The SMILES string of the molecule is CC(C)(Cc1cc(F)c(F)cc1Br)C(=O)O.